The quantitative estimate of drug-likeness (QED) is 0.180. The van der Waals surface area contributed by atoms with E-state index in [-0.39, 0.29) is 0 Å². The Bertz CT molecular complexity index is 3110. The highest BCUT2D eigenvalue weighted by Gasteiger charge is 2.51. The van der Waals surface area contributed by atoms with Crippen molar-refractivity contribution < 1.29 is 0 Å². The normalized spacial score (nSPS) is 13.4. The van der Waals surface area contributed by atoms with E-state index < -0.39 is 5.41 Å². The largest absolute Gasteiger partial charge is 0.310 e. The summed E-state index contributed by atoms with van der Waals surface area (Å²) in [5.74, 6) is 1.94. The van der Waals surface area contributed by atoms with Crippen LogP contribution in [0, 0.1) is 0 Å². The molecule has 0 radical (unpaired) electrons. The Labute approximate surface area is 334 Å². The minimum absolute atomic E-state index is 0.440. The molecule has 0 amide bonds. The zero-order valence-electron chi connectivity index (χ0n) is 30.7. The van der Waals surface area contributed by atoms with Crippen molar-refractivity contribution >= 4 is 48.6 Å². The molecule has 0 bridgehead atoms. The molecule has 0 atom stereocenters. The Morgan fingerprint density at radius 3 is 1.49 bits per heavy atom. The van der Waals surface area contributed by atoms with Crippen LogP contribution in [0.3, 0.4) is 0 Å². The summed E-state index contributed by atoms with van der Waals surface area (Å²) in [6.45, 7) is 0. The van der Waals surface area contributed by atoms with Crippen molar-refractivity contribution in [2.45, 2.75) is 5.41 Å². The monoisotopic (exact) mass is 744 g/mol. The van der Waals surface area contributed by atoms with Gasteiger partial charge in [-0.3, -0.25) is 0 Å². The van der Waals surface area contributed by atoms with Gasteiger partial charge in [0.2, 0.25) is 0 Å². The molecule has 12 rings (SSSR count). The number of anilines is 3. The van der Waals surface area contributed by atoms with E-state index in [9.17, 15) is 0 Å². The van der Waals surface area contributed by atoms with Gasteiger partial charge in [-0.2, -0.15) is 0 Å². The molecule has 1 aliphatic heterocycles. The van der Waals surface area contributed by atoms with E-state index in [1.165, 1.54) is 64.9 Å². The third-order valence-electron chi connectivity index (χ3n) is 11.7. The van der Waals surface area contributed by atoms with Crippen molar-refractivity contribution in [3.63, 3.8) is 0 Å². The molecule has 0 unspecified atom stereocenters. The van der Waals surface area contributed by atoms with Crippen LogP contribution in [0.15, 0.2) is 194 Å². The SMILES string of the molecule is c1ccc(-c2nc(-c3ccc(N4c5ccccc5C5(c6ccccc6-c6ccccc65)c5ccccc54)cc3)nc(-c3ccc4c(c3)sc3ccccc34)n2)cc1. The van der Waals surface area contributed by atoms with Crippen LogP contribution >= 0.6 is 11.3 Å². The molecule has 3 heterocycles. The second kappa shape index (κ2) is 12.4. The summed E-state index contributed by atoms with van der Waals surface area (Å²) >= 11 is 1.80. The van der Waals surface area contributed by atoms with E-state index in [1.807, 2.05) is 18.2 Å². The standard InChI is InChI=1S/C52H32N4S/c1-2-14-33(15-3-1)49-53-50(55-51(54-49)35-28-31-40-39-18-6-13-25-47(39)57-48(40)32-35)34-26-29-36(30-27-34)56-45-23-11-9-21-43(45)52(44-22-10-12-24-46(44)56)41-19-7-4-16-37(41)38-17-5-8-20-42(38)52/h1-32H. The minimum Gasteiger partial charge on any atom is -0.310 e. The molecule has 2 aliphatic rings. The van der Waals surface area contributed by atoms with Crippen LogP contribution in [0.4, 0.5) is 17.1 Å². The zero-order chi connectivity index (χ0) is 37.5. The molecular formula is C52H32N4S. The first-order chi connectivity index (χ1) is 28.3. The number of aromatic nitrogens is 3. The summed E-state index contributed by atoms with van der Waals surface area (Å²) in [5, 5.41) is 2.53. The van der Waals surface area contributed by atoms with Gasteiger partial charge in [0, 0.05) is 42.6 Å². The predicted molar refractivity (Wildman–Crippen MR) is 235 cm³/mol. The van der Waals surface area contributed by atoms with E-state index in [0.29, 0.717) is 17.5 Å². The predicted octanol–water partition coefficient (Wildman–Crippen LogP) is 13.4. The zero-order valence-corrected chi connectivity index (χ0v) is 31.5. The Hall–Kier alpha value is -7.21. The van der Waals surface area contributed by atoms with E-state index in [4.69, 9.17) is 15.0 Å². The first kappa shape index (κ1) is 32.1. The van der Waals surface area contributed by atoms with Gasteiger partial charge in [0.05, 0.1) is 16.8 Å². The maximum absolute atomic E-state index is 5.13. The number of hydrogen-bond acceptors (Lipinski definition) is 5. The van der Waals surface area contributed by atoms with Gasteiger partial charge >= 0.3 is 0 Å². The lowest BCUT2D eigenvalue weighted by atomic mass is 9.64. The summed E-state index contributed by atoms with van der Waals surface area (Å²) in [7, 11) is 0. The molecule has 0 saturated heterocycles. The molecule has 2 aromatic heterocycles. The van der Waals surface area contributed by atoms with Crippen LogP contribution in [0.2, 0.25) is 0 Å². The van der Waals surface area contributed by atoms with E-state index in [1.54, 1.807) is 11.3 Å². The van der Waals surface area contributed by atoms with Crippen molar-refractivity contribution in [2.75, 3.05) is 4.90 Å². The van der Waals surface area contributed by atoms with Crippen molar-refractivity contribution in [3.05, 3.63) is 216 Å². The summed E-state index contributed by atoms with van der Waals surface area (Å²) in [6.07, 6.45) is 0. The van der Waals surface area contributed by atoms with Gasteiger partial charge in [0.15, 0.2) is 17.5 Å². The lowest BCUT2D eigenvalue weighted by Gasteiger charge is -2.45. The molecule has 266 valence electrons. The number of thiophene rings is 1. The summed E-state index contributed by atoms with van der Waals surface area (Å²) in [4.78, 5) is 17.7. The van der Waals surface area contributed by atoms with Crippen LogP contribution in [0.5, 0.6) is 0 Å². The minimum atomic E-state index is -0.440. The van der Waals surface area contributed by atoms with Crippen LogP contribution < -0.4 is 4.90 Å². The fourth-order valence-corrected chi connectivity index (χ4v) is 10.5. The smallest absolute Gasteiger partial charge is 0.164 e. The summed E-state index contributed by atoms with van der Waals surface area (Å²) in [5.41, 5.74) is 13.6. The fourth-order valence-electron chi connectivity index (χ4n) is 9.31. The Balaban J connectivity index is 0.997. The van der Waals surface area contributed by atoms with Crippen LogP contribution in [0.1, 0.15) is 22.3 Å². The first-order valence-electron chi connectivity index (χ1n) is 19.3. The maximum atomic E-state index is 5.13. The molecule has 4 nitrogen and oxygen atoms in total. The Kier molecular flexibility index (Phi) is 6.98. The lowest BCUT2D eigenvalue weighted by molar-refractivity contribution is 0.752. The maximum Gasteiger partial charge on any atom is 0.164 e. The number of fused-ring (bicyclic) bond motifs is 12. The van der Waals surface area contributed by atoms with Gasteiger partial charge in [-0.05, 0) is 81.9 Å². The average Bonchev–Trinajstić information content (AvgIpc) is 3.80. The molecule has 0 N–H and O–H groups in total. The van der Waals surface area contributed by atoms with Crippen molar-refractivity contribution in [1.82, 2.24) is 15.0 Å². The topological polar surface area (TPSA) is 41.9 Å². The van der Waals surface area contributed by atoms with Gasteiger partial charge in [-0.25, -0.2) is 15.0 Å². The number of rotatable bonds is 4. The fraction of sp³-hybridized carbons (Fsp3) is 0.0192. The first-order valence-corrected chi connectivity index (χ1v) is 20.1. The molecule has 8 aromatic carbocycles. The number of para-hydroxylation sites is 2. The highest BCUT2D eigenvalue weighted by atomic mass is 32.1. The molecular weight excluding hydrogens is 713 g/mol. The van der Waals surface area contributed by atoms with Crippen LogP contribution in [-0.4, -0.2) is 15.0 Å². The lowest BCUT2D eigenvalue weighted by Crippen LogP contribution is -2.36. The Morgan fingerprint density at radius 1 is 0.368 bits per heavy atom. The summed E-state index contributed by atoms with van der Waals surface area (Å²) < 4.78 is 2.49. The van der Waals surface area contributed by atoms with Gasteiger partial charge in [0.25, 0.3) is 0 Å². The molecule has 1 aliphatic carbocycles. The molecule has 0 fully saturated rings. The van der Waals surface area contributed by atoms with Gasteiger partial charge < -0.3 is 4.90 Å². The third-order valence-corrected chi connectivity index (χ3v) is 12.9. The van der Waals surface area contributed by atoms with E-state index >= 15 is 0 Å². The average molecular weight is 745 g/mol. The van der Waals surface area contributed by atoms with Crippen molar-refractivity contribution in [1.29, 1.82) is 0 Å². The molecule has 57 heavy (non-hydrogen) atoms. The summed E-state index contributed by atoms with van der Waals surface area (Å²) in [6, 6.07) is 69.7. The second-order valence-electron chi connectivity index (χ2n) is 14.7. The number of hydrogen-bond donors (Lipinski definition) is 0. The van der Waals surface area contributed by atoms with Crippen LogP contribution in [-0.2, 0) is 5.41 Å². The van der Waals surface area contributed by atoms with Crippen molar-refractivity contribution in [3.8, 4) is 45.3 Å². The molecule has 0 saturated carbocycles. The van der Waals surface area contributed by atoms with E-state index in [2.05, 4.69) is 181 Å². The number of benzene rings is 8. The Morgan fingerprint density at radius 2 is 0.842 bits per heavy atom. The third kappa shape index (κ3) is 4.70. The van der Waals surface area contributed by atoms with Gasteiger partial charge in [-0.1, -0.05) is 146 Å². The van der Waals surface area contributed by atoms with Gasteiger partial charge in [0.1, 0.15) is 0 Å². The second-order valence-corrected chi connectivity index (χ2v) is 15.8. The molecule has 5 heteroatoms. The molecule has 10 aromatic rings. The molecule has 1 spiro atoms. The van der Waals surface area contributed by atoms with Crippen LogP contribution in [0.25, 0.3) is 65.5 Å². The highest BCUT2D eigenvalue weighted by molar-refractivity contribution is 7.25. The van der Waals surface area contributed by atoms with Crippen molar-refractivity contribution in [2.24, 2.45) is 0 Å². The van der Waals surface area contributed by atoms with E-state index in [0.717, 1.165) is 22.4 Å². The van der Waals surface area contributed by atoms with Gasteiger partial charge in [-0.15, -0.1) is 11.3 Å². The number of nitrogens with zero attached hydrogens (tertiary/aromatic N) is 4. The highest BCUT2D eigenvalue weighted by Crippen LogP contribution is 2.63.